The number of phenolic OH excluding ortho intramolecular Hbond substituents is 1. The number of carbonyl (C=O) groups is 3. The van der Waals surface area contributed by atoms with Gasteiger partial charge in [-0.05, 0) is 154 Å². The Morgan fingerprint density at radius 2 is 1.52 bits per heavy atom. The molecule has 1 heterocycles. The van der Waals surface area contributed by atoms with Crippen LogP contribution in [0.15, 0.2) is 36.4 Å². The van der Waals surface area contributed by atoms with Crippen LogP contribution in [0, 0.1) is 22.2 Å². The zero-order chi connectivity index (χ0) is 35.9. The monoisotopic (exact) mass is 682 g/mol. The number of phenols is 1. The summed E-state index contributed by atoms with van der Waals surface area (Å²) in [5.41, 5.74) is 2.92. The van der Waals surface area contributed by atoms with Crippen molar-refractivity contribution in [3.05, 3.63) is 58.7 Å². The number of anilines is 1. The fraction of sp³-hybridized carbons (Fsp3) is 0.651. The van der Waals surface area contributed by atoms with Crippen molar-refractivity contribution in [2.24, 2.45) is 22.2 Å². The largest absolute Gasteiger partial charge is 0.508 e. The van der Waals surface area contributed by atoms with Gasteiger partial charge in [-0.15, -0.1) is 0 Å². The third kappa shape index (κ3) is 5.14. The summed E-state index contributed by atoms with van der Waals surface area (Å²) in [6, 6.07) is 12.0. The Labute approximate surface area is 298 Å². The van der Waals surface area contributed by atoms with E-state index in [0.717, 1.165) is 83.5 Å². The van der Waals surface area contributed by atoms with Crippen LogP contribution in [0.2, 0.25) is 0 Å². The molecule has 0 unspecified atom stereocenters. The zero-order valence-corrected chi connectivity index (χ0v) is 31.5. The molecule has 2 aromatic carbocycles. The highest BCUT2D eigenvalue weighted by Gasteiger charge is 2.67. The van der Waals surface area contributed by atoms with E-state index in [2.05, 4.69) is 51.2 Å². The SMILES string of the molecule is CC(C)(C)OC(=O)Nc1ccc2c(c1)[C@@]1(C)CCC[C@]3(C)C(=O)N(C(=O)[C@@]4(C)CCC[C@]5(C)c6cc(O)ccc6CC[C@@H]45)CCCC[C@]31CC2. The average Bonchev–Trinajstić information content (AvgIpc) is 3.04. The van der Waals surface area contributed by atoms with Crippen LogP contribution in [-0.4, -0.2) is 40.1 Å². The second-order valence-corrected chi connectivity index (χ2v) is 18.4. The Kier molecular flexibility index (Phi) is 8.31. The Balaban J connectivity index is 1.24. The highest BCUT2D eigenvalue weighted by Crippen LogP contribution is 2.69. The van der Waals surface area contributed by atoms with Gasteiger partial charge < -0.3 is 9.84 Å². The molecule has 3 amide bonds. The first-order valence-corrected chi connectivity index (χ1v) is 19.3. The summed E-state index contributed by atoms with van der Waals surface area (Å²) < 4.78 is 5.57. The van der Waals surface area contributed by atoms with Gasteiger partial charge in [-0.1, -0.05) is 59.1 Å². The molecular weight excluding hydrogens is 624 g/mol. The standard InChI is InChI=1S/C43H58N2O5/c1-38(2,3)50-37(49)44-30-15-12-29-18-24-43-23-8-9-25-45(36(48)42(43,7)22-11-21-41(43,6)33(29)26-30)35(47)40(5)20-10-19-39(4)32-27-31(46)16-13-28(32)14-17-34(39)40/h12-13,15-16,26-27,34,46H,8-11,14,17-25H2,1-7H3,(H,44,49)/t34-,39-,40+,41-,42-,43-/m1/s1. The van der Waals surface area contributed by atoms with E-state index in [9.17, 15) is 9.90 Å². The van der Waals surface area contributed by atoms with E-state index in [4.69, 9.17) is 4.74 Å². The molecule has 6 atom stereocenters. The number of hydrogen-bond acceptors (Lipinski definition) is 5. The first kappa shape index (κ1) is 35.1. The van der Waals surface area contributed by atoms with Crippen molar-refractivity contribution in [1.82, 2.24) is 4.90 Å². The molecule has 0 bridgehead atoms. The zero-order valence-electron chi connectivity index (χ0n) is 31.5. The van der Waals surface area contributed by atoms with Gasteiger partial charge in [0.15, 0.2) is 0 Å². The number of rotatable bonds is 2. The summed E-state index contributed by atoms with van der Waals surface area (Å²) >= 11 is 0. The number of carbonyl (C=O) groups excluding carboxylic acids is 3. The van der Waals surface area contributed by atoms with Gasteiger partial charge in [0.1, 0.15) is 11.4 Å². The van der Waals surface area contributed by atoms with E-state index >= 15 is 9.59 Å². The molecule has 2 saturated carbocycles. The Bertz CT molecular complexity index is 1730. The number of benzene rings is 2. The van der Waals surface area contributed by atoms with Crippen molar-refractivity contribution in [3.8, 4) is 5.75 Å². The predicted octanol–water partition coefficient (Wildman–Crippen LogP) is 9.37. The van der Waals surface area contributed by atoms with E-state index in [1.54, 1.807) is 11.0 Å². The van der Waals surface area contributed by atoms with Crippen molar-refractivity contribution in [1.29, 1.82) is 0 Å². The number of hydrogen-bond donors (Lipinski definition) is 2. The molecule has 7 heteroatoms. The molecule has 50 heavy (non-hydrogen) atoms. The quantitative estimate of drug-likeness (QED) is 0.308. The topological polar surface area (TPSA) is 95.9 Å². The lowest BCUT2D eigenvalue weighted by Gasteiger charge is -2.65. The van der Waals surface area contributed by atoms with Crippen LogP contribution in [-0.2, 0) is 38.0 Å². The van der Waals surface area contributed by atoms with Crippen molar-refractivity contribution in [2.75, 3.05) is 11.9 Å². The third-order valence-corrected chi connectivity index (χ3v) is 14.7. The molecule has 1 spiro atoms. The molecule has 5 aliphatic rings. The van der Waals surface area contributed by atoms with E-state index in [-0.39, 0.29) is 39.7 Å². The molecule has 1 aliphatic heterocycles. The number of aromatic hydroxyl groups is 1. The minimum absolute atomic E-state index is 0.0210. The Hall–Kier alpha value is -3.35. The lowest BCUT2D eigenvalue weighted by molar-refractivity contribution is -0.178. The van der Waals surface area contributed by atoms with Gasteiger partial charge in [0.2, 0.25) is 11.8 Å². The van der Waals surface area contributed by atoms with Crippen molar-refractivity contribution < 1.29 is 24.2 Å². The fourth-order valence-electron chi connectivity index (χ4n) is 12.3. The van der Waals surface area contributed by atoms with Gasteiger partial charge in [-0.25, -0.2) is 4.79 Å². The van der Waals surface area contributed by atoms with Crippen LogP contribution in [0.4, 0.5) is 10.5 Å². The molecule has 7 nitrogen and oxygen atoms in total. The maximum Gasteiger partial charge on any atom is 0.412 e. The maximum atomic E-state index is 15.4. The maximum absolute atomic E-state index is 15.4. The molecule has 2 aromatic rings. The van der Waals surface area contributed by atoms with E-state index in [1.807, 2.05) is 32.9 Å². The molecule has 2 N–H and O–H groups in total. The summed E-state index contributed by atoms with van der Waals surface area (Å²) in [5.74, 6) is 0.428. The highest BCUT2D eigenvalue weighted by atomic mass is 16.6. The number of nitrogens with one attached hydrogen (secondary N) is 1. The lowest BCUT2D eigenvalue weighted by Crippen LogP contribution is -2.66. The summed E-state index contributed by atoms with van der Waals surface area (Å²) in [7, 11) is 0. The van der Waals surface area contributed by atoms with Crippen molar-refractivity contribution in [3.63, 3.8) is 0 Å². The van der Waals surface area contributed by atoms with Crippen LogP contribution >= 0.6 is 0 Å². The van der Waals surface area contributed by atoms with Gasteiger partial charge in [0, 0.05) is 12.2 Å². The molecular formula is C43H58N2O5. The molecule has 0 aromatic heterocycles. The number of imide groups is 1. The number of ether oxygens (including phenoxy) is 1. The second kappa shape index (κ2) is 11.8. The predicted molar refractivity (Wildman–Crippen MR) is 196 cm³/mol. The smallest absolute Gasteiger partial charge is 0.412 e. The van der Waals surface area contributed by atoms with Crippen LogP contribution in [0.1, 0.15) is 141 Å². The van der Waals surface area contributed by atoms with Crippen LogP contribution in [0.25, 0.3) is 0 Å². The number of likely N-dealkylation sites (tertiary alicyclic amines) is 1. The fourth-order valence-corrected chi connectivity index (χ4v) is 12.3. The molecule has 1 saturated heterocycles. The first-order chi connectivity index (χ1) is 23.5. The van der Waals surface area contributed by atoms with Gasteiger partial charge in [-0.3, -0.25) is 19.8 Å². The molecule has 270 valence electrons. The van der Waals surface area contributed by atoms with Gasteiger partial charge >= 0.3 is 6.09 Å². The first-order valence-electron chi connectivity index (χ1n) is 19.3. The number of aryl methyl sites for hydroxylation is 2. The molecule has 4 aliphatic carbocycles. The minimum Gasteiger partial charge on any atom is -0.508 e. The average molecular weight is 683 g/mol. The normalized spacial score (nSPS) is 35.2. The lowest BCUT2D eigenvalue weighted by atomic mass is 9.39. The van der Waals surface area contributed by atoms with Gasteiger partial charge in [-0.2, -0.15) is 0 Å². The van der Waals surface area contributed by atoms with E-state index in [0.29, 0.717) is 12.2 Å². The van der Waals surface area contributed by atoms with Gasteiger partial charge in [0.25, 0.3) is 0 Å². The summed E-state index contributed by atoms with van der Waals surface area (Å²) in [4.78, 5) is 45.2. The van der Waals surface area contributed by atoms with Crippen molar-refractivity contribution in [2.45, 2.75) is 148 Å². The Morgan fingerprint density at radius 3 is 2.28 bits per heavy atom. The third-order valence-electron chi connectivity index (χ3n) is 14.7. The Morgan fingerprint density at radius 1 is 0.820 bits per heavy atom. The number of amides is 3. The summed E-state index contributed by atoms with van der Waals surface area (Å²) in [5, 5.41) is 13.5. The van der Waals surface area contributed by atoms with E-state index < -0.39 is 22.5 Å². The van der Waals surface area contributed by atoms with Crippen LogP contribution in [0.3, 0.4) is 0 Å². The van der Waals surface area contributed by atoms with Gasteiger partial charge in [0.05, 0.1) is 10.8 Å². The molecule has 0 radical (unpaired) electrons. The van der Waals surface area contributed by atoms with Crippen molar-refractivity contribution >= 4 is 23.6 Å². The minimum atomic E-state index is -0.693. The highest BCUT2D eigenvalue weighted by molar-refractivity contribution is 6.01. The van der Waals surface area contributed by atoms with E-state index in [1.165, 1.54) is 22.3 Å². The van der Waals surface area contributed by atoms with Crippen LogP contribution < -0.4 is 5.32 Å². The molecule has 7 rings (SSSR count). The molecule has 3 fully saturated rings. The summed E-state index contributed by atoms with van der Waals surface area (Å²) in [6.45, 7) is 15.1. The van der Waals surface area contributed by atoms with Crippen LogP contribution in [0.5, 0.6) is 5.75 Å². The second-order valence-electron chi connectivity index (χ2n) is 18.4. The number of fused-ring (bicyclic) bond motifs is 5. The summed E-state index contributed by atoms with van der Waals surface area (Å²) in [6.07, 6.45) is 11.2. The number of nitrogens with zero attached hydrogens (tertiary/aromatic N) is 1.